The first kappa shape index (κ1) is 11.6. The zero-order valence-electron chi connectivity index (χ0n) is 10.0. The Morgan fingerprint density at radius 1 is 1.29 bits per heavy atom. The van der Waals surface area contributed by atoms with E-state index in [9.17, 15) is 9.18 Å². The Morgan fingerprint density at radius 2 is 2.00 bits per heavy atom. The summed E-state index contributed by atoms with van der Waals surface area (Å²) in [6.07, 6.45) is 0. The normalized spacial score (nSPS) is 11.8. The summed E-state index contributed by atoms with van der Waals surface area (Å²) >= 11 is 0. The predicted molar refractivity (Wildman–Crippen MR) is 63.4 cm³/mol. The molecule has 1 N–H and O–H groups in total. The molecule has 0 atom stereocenters. The van der Waals surface area contributed by atoms with Crippen LogP contribution in [0.25, 0.3) is 10.9 Å². The number of nitrogens with one attached hydrogen (secondary N) is 1. The number of carbonyl (C=O) groups excluding carboxylic acids is 1. The van der Waals surface area contributed by atoms with Crippen LogP contribution in [0.4, 0.5) is 4.39 Å². The van der Waals surface area contributed by atoms with Crippen LogP contribution in [0.1, 0.15) is 31.3 Å². The van der Waals surface area contributed by atoms with Crippen LogP contribution in [0.5, 0.6) is 0 Å². The Labute approximate surface area is 98.6 Å². The van der Waals surface area contributed by atoms with Crippen LogP contribution in [0.15, 0.2) is 24.3 Å². The van der Waals surface area contributed by atoms with E-state index in [-0.39, 0.29) is 5.82 Å². The number of ether oxygens (including phenoxy) is 1. The molecule has 0 radical (unpaired) electrons. The maximum absolute atomic E-state index is 13.0. The summed E-state index contributed by atoms with van der Waals surface area (Å²) < 4.78 is 18.2. The van der Waals surface area contributed by atoms with E-state index in [0.717, 1.165) is 5.39 Å². The maximum atomic E-state index is 13.0. The largest absolute Gasteiger partial charge is 0.455 e. The van der Waals surface area contributed by atoms with Gasteiger partial charge in [0, 0.05) is 10.9 Å². The van der Waals surface area contributed by atoms with Gasteiger partial charge < -0.3 is 9.72 Å². The van der Waals surface area contributed by atoms with Gasteiger partial charge in [0.15, 0.2) is 0 Å². The van der Waals surface area contributed by atoms with E-state index in [0.29, 0.717) is 11.2 Å². The molecular weight excluding hydrogens is 221 g/mol. The van der Waals surface area contributed by atoms with Crippen molar-refractivity contribution in [2.24, 2.45) is 0 Å². The highest BCUT2D eigenvalue weighted by Crippen LogP contribution is 2.18. The lowest BCUT2D eigenvalue weighted by atomic mass is 10.2. The number of aromatic amines is 1. The molecule has 0 saturated heterocycles. The van der Waals surface area contributed by atoms with E-state index in [1.165, 1.54) is 12.1 Å². The van der Waals surface area contributed by atoms with Gasteiger partial charge in [-0.15, -0.1) is 0 Å². The highest BCUT2D eigenvalue weighted by Gasteiger charge is 2.19. The Kier molecular flexibility index (Phi) is 2.65. The van der Waals surface area contributed by atoms with Gasteiger partial charge in [-0.25, -0.2) is 9.18 Å². The molecular formula is C13H14FNO2. The van der Waals surface area contributed by atoms with Gasteiger partial charge in [-0.1, -0.05) is 0 Å². The number of esters is 1. The minimum atomic E-state index is -0.542. The number of carbonyl (C=O) groups is 1. The molecule has 90 valence electrons. The second kappa shape index (κ2) is 3.87. The minimum Gasteiger partial charge on any atom is -0.455 e. The molecule has 3 nitrogen and oxygen atoms in total. The molecule has 17 heavy (non-hydrogen) atoms. The average molecular weight is 235 g/mol. The first-order chi connectivity index (χ1) is 7.85. The summed E-state index contributed by atoms with van der Waals surface area (Å²) in [5.41, 5.74) is 0.381. The molecule has 0 aliphatic heterocycles. The molecule has 1 heterocycles. The first-order valence-electron chi connectivity index (χ1n) is 5.37. The number of halogens is 1. The van der Waals surface area contributed by atoms with Gasteiger partial charge >= 0.3 is 5.97 Å². The molecule has 0 aliphatic rings. The SMILES string of the molecule is CC(C)(C)OC(=O)c1cc2ccc(F)cc2[nH]1. The highest BCUT2D eigenvalue weighted by atomic mass is 19.1. The fourth-order valence-electron chi connectivity index (χ4n) is 1.54. The lowest BCUT2D eigenvalue weighted by molar-refractivity contribution is 0.00639. The molecule has 0 unspecified atom stereocenters. The molecule has 2 aromatic rings. The van der Waals surface area contributed by atoms with Gasteiger partial charge in [0.25, 0.3) is 0 Å². The second-order valence-electron chi connectivity index (χ2n) is 4.92. The standard InChI is InChI=1S/C13H14FNO2/c1-13(2,3)17-12(16)11-6-8-4-5-9(14)7-10(8)15-11/h4-7,15H,1-3H3. The molecule has 0 aliphatic carbocycles. The van der Waals surface area contributed by atoms with Gasteiger partial charge in [-0.3, -0.25) is 0 Å². The van der Waals surface area contributed by atoms with Gasteiger partial charge in [0.05, 0.1) is 0 Å². The molecule has 2 rings (SSSR count). The summed E-state index contributed by atoms with van der Waals surface area (Å²) in [6.45, 7) is 5.40. The molecule has 0 amide bonds. The highest BCUT2D eigenvalue weighted by molar-refractivity contribution is 5.94. The van der Waals surface area contributed by atoms with Crippen LogP contribution in [0.3, 0.4) is 0 Å². The number of H-pyrrole nitrogens is 1. The predicted octanol–water partition coefficient (Wildman–Crippen LogP) is 3.26. The summed E-state index contributed by atoms with van der Waals surface area (Å²) in [7, 11) is 0. The Morgan fingerprint density at radius 3 is 2.65 bits per heavy atom. The molecule has 1 aromatic carbocycles. The quantitative estimate of drug-likeness (QED) is 0.771. The van der Waals surface area contributed by atoms with E-state index in [1.807, 2.05) is 0 Å². The monoisotopic (exact) mass is 235 g/mol. The fraction of sp³-hybridized carbons (Fsp3) is 0.308. The van der Waals surface area contributed by atoms with E-state index >= 15 is 0 Å². The van der Waals surface area contributed by atoms with Crippen molar-refractivity contribution in [2.75, 3.05) is 0 Å². The van der Waals surface area contributed by atoms with Gasteiger partial charge in [-0.2, -0.15) is 0 Å². The average Bonchev–Trinajstić information content (AvgIpc) is 2.57. The van der Waals surface area contributed by atoms with Gasteiger partial charge in [-0.05, 0) is 45.0 Å². The number of hydrogen-bond donors (Lipinski definition) is 1. The van der Waals surface area contributed by atoms with Crippen LogP contribution >= 0.6 is 0 Å². The lowest BCUT2D eigenvalue weighted by Gasteiger charge is -2.18. The second-order valence-corrected chi connectivity index (χ2v) is 4.92. The maximum Gasteiger partial charge on any atom is 0.355 e. The third-order valence-corrected chi connectivity index (χ3v) is 2.20. The van der Waals surface area contributed by atoms with Crippen LogP contribution in [-0.4, -0.2) is 16.6 Å². The third kappa shape index (κ3) is 2.64. The van der Waals surface area contributed by atoms with Crippen molar-refractivity contribution in [3.05, 3.63) is 35.8 Å². The molecule has 0 spiro atoms. The van der Waals surface area contributed by atoms with Crippen LogP contribution in [0, 0.1) is 5.82 Å². The number of rotatable bonds is 1. The van der Waals surface area contributed by atoms with Crippen molar-refractivity contribution in [2.45, 2.75) is 26.4 Å². The number of hydrogen-bond acceptors (Lipinski definition) is 2. The van der Waals surface area contributed by atoms with E-state index in [2.05, 4.69) is 4.98 Å². The molecule has 4 heteroatoms. The lowest BCUT2D eigenvalue weighted by Crippen LogP contribution is -2.24. The number of fused-ring (bicyclic) bond motifs is 1. The van der Waals surface area contributed by atoms with Crippen LogP contribution < -0.4 is 0 Å². The number of benzene rings is 1. The first-order valence-corrected chi connectivity index (χ1v) is 5.37. The molecule has 0 saturated carbocycles. The third-order valence-electron chi connectivity index (χ3n) is 2.20. The zero-order valence-corrected chi connectivity index (χ0v) is 10.0. The summed E-state index contributed by atoms with van der Waals surface area (Å²) in [5.74, 6) is -0.774. The Bertz CT molecular complexity index is 566. The van der Waals surface area contributed by atoms with Crippen molar-refractivity contribution in [1.82, 2.24) is 4.98 Å². The smallest absolute Gasteiger partial charge is 0.355 e. The zero-order chi connectivity index (χ0) is 12.6. The summed E-state index contributed by atoms with van der Waals surface area (Å²) in [4.78, 5) is 14.6. The molecule has 1 aromatic heterocycles. The number of aromatic nitrogens is 1. The van der Waals surface area contributed by atoms with Crippen molar-refractivity contribution in [3.63, 3.8) is 0 Å². The van der Waals surface area contributed by atoms with Gasteiger partial charge in [0.2, 0.25) is 0 Å². The van der Waals surface area contributed by atoms with Crippen molar-refractivity contribution in [1.29, 1.82) is 0 Å². The van der Waals surface area contributed by atoms with E-state index in [1.54, 1.807) is 32.9 Å². The summed E-state index contributed by atoms with van der Waals surface area (Å²) in [6, 6.07) is 5.98. The Hall–Kier alpha value is -1.84. The van der Waals surface area contributed by atoms with Gasteiger partial charge in [0.1, 0.15) is 17.1 Å². The fourth-order valence-corrected chi connectivity index (χ4v) is 1.54. The Balaban J connectivity index is 2.33. The van der Waals surface area contributed by atoms with Crippen molar-refractivity contribution < 1.29 is 13.9 Å². The van der Waals surface area contributed by atoms with E-state index < -0.39 is 11.6 Å². The summed E-state index contributed by atoms with van der Waals surface area (Å²) in [5, 5.41) is 0.784. The minimum absolute atomic E-state index is 0.334. The van der Waals surface area contributed by atoms with Crippen LogP contribution in [0.2, 0.25) is 0 Å². The molecule has 0 fully saturated rings. The van der Waals surface area contributed by atoms with E-state index in [4.69, 9.17) is 4.74 Å². The van der Waals surface area contributed by atoms with Crippen molar-refractivity contribution >= 4 is 16.9 Å². The van der Waals surface area contributed by atoms with Crippen LogP contribution in [-0.2, 0) is 4.74 Å². The van der Waals surface area contributed by atoms with Crippen molar-refractivity contribution in [3.8, 4) is 0 Å². The molecule has 0 bridgehead atoms. The topological polar surface area (TPSA) is 42.1 Å².